The molecule has 0 aliphatic rings. The van der Waals surface area contributed by atoms with Gasteiger partial charge in [-0.1, -0.05) is 52.4 Å². The molecule has 0 aliphatic carbocycles. The molecule has 2 heteroatoms. The van der Waals surface area contributed by atoms with Crippen molar-refractivity contribution < 1.29 is 0 Å². The number of nitrogens with zero attached hydrogens (tertiary/aromatic N) is 2. The van der Waals surface area contributed by atoms with E-state index in [2.05, 4.69) is 23.8 Å². The Morgan fingerprint density at radius 2 is 1.33 bits per heavy atom. The Bertz CT molecular complexity index is 203. The Kier molecular flexibility index (Phi) is 10.5. The van der Waals surface area contributed by atoms with Gasteiger partial charge in [-0.25, -0.2) is 9.97 Å². The third kappa shape index (κ3) is 11.0. The summed E-state index contributed by atoms with van der Waals surface area (Å²) in [6.07, 6.45) is 13.6. The summed E-state index contributed by atoms with van der Waals surface area (Å²) in [6, 6.07) is 0. The highest BCUT2D eigenvalue weighted by Gasteiger charge is 1.83. The van der Waals surface area contributed by atoms with Crippen molar-refractivity contribution in [2.24, 2.45) is 0 Å². The minimum absolute atomic E-state index is 1.10. The molecule has 0 bridgehead atoms. The van der Waals surface area contributed by atoms with E-state index in [1.165, 1.54) is 44.9 Å². The van der Waals surface area contributed by atoms with Gasteiger partial charge >= 0.3 is 0 Å². The van der Waals surface area contributed by atoms with Crippen LogP contribution < -0.4 is 0 Å². The molecule has 0 saturated carbocycles. The van der Waals surface area contributed by atoms with Crippen LogP contribution in [0.2, 0.25) is 0 Å². The van der Waals surface area contributed by atoms with E-state index in [-0.39, 0.29) is 0 Å². The molecule has 0 amide bonds. The lowest BCUT2D eigenvalue weighted by molar-refractivity contribution is 0.624. The van der Waals surface area contributed by atoms with E-state index in [4.69, 9.17) is 0 Å². The van der Waals surface area contributed by atoms with Crippen LogP contribution in [0, 0.1) is 6.92 Å². The third-order valence-electron chi connectivity index (χ3n) is 2.15. The molecule has 2 nitrogen and oxygen atoms in total. The fourth-order valence-electron chi connectivity index (χ4n) is 1.23. The largest absolute Gasteiger partial charge is 0.245 e. The molecular formula is C13H24N2. The Hall–Kier alpha value is -0.920. The van der Waals surface area contributed by atoms with Gasteiger partial charge in [-0.05, 0) is 12.5 Å². The molecule has 0 unspecified atom stereocenters. The molecule has 1 aromatic rings. The number of aryl methyl sites for hydroxylation is 1. The van der Waals surface area contributed by atoms with Crippen molar-refractivity contribution in [1.82, 2.24) is 9.97 Å². The van der Waals surface area contributed by atoms with E-state index in [1.807, 2.05) is 6.92 Å². The van der Waals surface area contributed by atoms with E-state index in [9.17, 15) is 0 Å². The monoisotopic (exact) mass is 208 g/mol. The summed E-state index contributed by atoms with van der Waals surface area (Å²) >= 11 is 0. The quantitative estimate of drug-likeness (QED) is 0.679. The first-order valence-electron chi connectivity index (χ1n) is 6.02. The SMILES string of the molecule is CCCCCCCC.Cc1cncnc1. The van der Waals surface area contributed by atoms with Crippen molar-refractivity contribution in [1.29, 1.82) is 0 Å². The second-order valence-corrected chi connectivity index (χ2v) is 3.83. The first kappa shape index (κ1) is 14.1. The topological polar surface area (TPSA) is 25.8 Å². The molecule has 0 saturated heterocycles. The van der Waals surface area contributed by atoms with Gasteiger partial charge in [0.25, 0.3) is 0 Å². The number of aromatic nitrogens is 2. The minimum atomic E-state index is 1.10. The van der Waals surface area contributed by atoms with E-state index in [1.54, 1.807) is 12.4 Å². The average Bonchev–Trinajstić information content (AvgIpc) is 2.27. The van der Waals surface area contributed by atoms with Crippen molar-refractivity contribution in [3.8, 4) is 0 Å². The van der Waals surface area contributed by atoms with Gasteiger partial charge in [0.05, 0.1) is 0 Å². The number of unbranched alkanes of at least 4 members (excludes halogenated alkanes) is 5. The highest BCUT2D eigenvalue weighted by atomic mass is 14.8. The summed E-state index contributed by atoms with van der Waals surface area (Å²) in [6.45, 7) is 6.47. The predicted octanol–water partition coefficient (Wildman–Crippen LogP) is 4.15. The summed E-state index contributed by atoms with van der Waals surface area (Å²) in [5.41, 5.74) is 1.10. The molecule has 0 fully saturated rings. The molecular weight excluding hydrogens is 184 g/mol. The predicted molar refractivity (Wildman–Crippen MR) is 65.8 cm³/mol. The van der Waals surface area contributed by atoms with Crippen LogP contribution in [0.3, 0.4) is 0 Å². The van der Waals surface area contributed by atoms with Crippen LogP contribution in [0.25, 0.3) is 0 Å². The summed E-state index contributed by atoms with van der Waals surface area (Å²) in [7, 11) is 0. The maximum atomic E-state index is 3.77. The summed E-state index contributed by atoms with van der Waals surface area (Å²) in [5.74, 6) is 0. The van der Waals surface area contributed by atoms with Gasteiger partial charge in [-0.3, -0.25) is 0 Å². The van der Waals surface area contributed by atoms with Gasteiger partial charge in [0.2, 0.25) is 0 Å². The van der Waals surface area contributed by atoms with Crippen LogP contribution in [-0.2, 0) is 0 Å². The normalized spacial score (nSPS) is 9.27. The molecule has 0 N–H and O–H groups in total. The van der Waals surface area contributed by atoms with Crippen molar-refractivity contribution in [2.75, 3.05) is 0 Å². The molecule has 0 radical (unpaired) electrons. The van der Waals surface area contributed by atoms with Gasteiger partial charge in [-0.15, -0.1) is 0 Å². The first-order chi connectivity index (χ1) is 7.31. The highest BCUT2D eigenvalue weighted by molar-refractivity contribution is 4.96. The van der Waals surface area contributed by atoms with Crippen LogP contribution >= 0.6 is 0 Å². The van der Waals surface area contributed by atoms with E-state index in [0.717, 1.165) is 5.56 Å². The Balaban J connectivity index is 0.000000262. The second-order valence-electron chi connectivity index (χ2n) is 3.83. The molecule has 15 heavy (non-hydrogen) atoms. The lowest BCUT2D eigenvalue weighted by atomic mass is 10.1. The zero-order valence-electron chi connectivity index (χ0n) is 10.4. The van der Waals surface area contributed by atoms with E-state index < -0.39 is 0 Å². The summed E-state index contributed by atoms with van der Waals surface area (Å²) < 4.78 is 0. The molecule has 1 heterocycles. The van der Waals surface area contributed by atoms with Gasteiger partial charge in [0.1, 0.15) is 6.33 Å². The second kappa shape index (κ2) is 11.2. The smallest absolute Gasteiger partial charge is 0.115 e. The van der Waals surface area contributed by atoms with Crippen molar-refractivity contribution in [3.63, 3.8) is 0 Å². The molecule has 1 aromatic heterocycles. The lowest BCUT2D eigenvalue weighted by Gasteiger charge is -1.93. The molecule has 0 spiro atoms. The molecule has 86 valence electrons. The number of rotatable bonds is 5. The maximum absolute atomic E-state index is 3.77. The van der Waals surface area contributed by atoms with Crippen LogP contribution in [0.1, 0.15) is 57.9 Å². The maximum Gasteiger partial charge on any atom is 0.115 e. The zero-order chi connectivity index (χ0) is 11.4. The van der Waals surface area contributed by atoms with Crippen molar-refractivity contribution >= 4 is 0 Å². The standard InChI is InChI=1S/C8H18.C5H6N2/c1-3-5-7-8-6-4-2;1-5-2-6-4-7-3-5/h3-8H2,1-2H3;2-4H,1H3. The van der Waals surface area contributed by atoms with Gasteiger partial charge in [0, 0.05) is 12.4 Å². The summed E-state index contributed by atoms with van der Waals surface area (Å²) in [5, 5.41) is 0. The van der Waals surface area contributed by atoms with Crippen molar-refractivity contribution in [2.45, 2.75) is 59.3 Å². The zero-order valence-corrected chi connectivity index (χ0v) is 10.4. The van der Waals surface area contributed by atoms with Crippen LogP contribution in [0.4, 0.5) is 0 Å². The lowest BCUT2D eigenvalue weighted by Crippen LogP contribution is -1.75. The fourth-order valence-corrected chi connectivity index (χ4v) is 1.23. The molecule has 0 aliphatic heterocycles. The number of hydrogen-bond donors (Lipinski definition) is 0. The highest BCUT2D eigenvalue weighted by Crippen LogP contribution is 2.03. The summed E-state index contributed by atoms with van der Waals surface area (Å²) in [4.78, 5) is 7.55. The molecule has 0 atom stereocenters. The van der Waals surface area contributed by atoms with Crippen LogP contribution in [0.15, 0.2) is 18.7 Å². The van der Waals surface area contributed by atoms with Crippen LogP contribution in [0.5, 0.6) is 0 Å². The first-order valence-corrected chi connectivity index (χ1v) is 6.02. The third-order valence-corrected chi connectivity index (χ3v) is 2.15. The van der Waals surface area contributed by atoms with E-state index in [0.29, 0.717) is 0 Å². The van der Waals surface area contributed by atoms with E-state index >= 15 is 0 Å². The van der Waals surface area contributed by atoms with Crippen LogP contribution in [-0.4, -0.2) is 9.97 Å². The Morgan fingerprint density at radius 3 is 1.60 bits per heavy atom. The van der Waals surface area contributed by atoms with Gasteiger partial charge < -0.3 is 0 Å². The molecule has 1 rings (SSSR count). The minimum Gasteiger partial charge on any atom is -0.245 e. The van der Waals surface area contributed by atoms with Gasteiger partial charge in [-0.2, -0.15) is 0 Å². The molecule has 0 aromatic carbocycles. The average molecular weight is 208 g/mol. The van der Waals surface area contributed by atoms with Crippen molar-refractivity contribution in [3.05, 3.63) is 24.3 Å². The Morgan fingerprint density at radius 1 is 0.867 bits per heavy atom. The number of hydrogen-bond acceptors (Lipinski definition) is 2. The fraction of sp³-hybridized carbons (Fsp3) is 0.692. The van der Waals surface area contributed by atoms with Gasteiger partial charge in [0.15, 0.2) is 0 Å². The Labute approximate surface area is 94.2 Å².